The van der Waals surface area contributed by atoms with Gasteiger partial charge in [-0.1, -0.05) is 30.3 Å². The highest BCUT2D eigenvalue weighted by atomic mass is 32.2. The second-order valence-corrected chi connectivity index (χ2v) is 7.22. The van der Waals surface area contributed by atoms with Crippen molar-refractivity contribution in [2.45, 2.75) is 29.7 Å². The van der Waals surface area contributed by atoms with Crippen LogP contribution in [-0.4, -0.2) is 27.5 Å². The second-order valence-electron chi connectivity index (χ2n) is 5.08. The molecule has 0 radical (unpaired) electrons. The minimum Gasteiger partial charge on any atom is -0.365 e. The maximum atomic E-state index is 4.66. The van der Waals surface area contributed by atoms with Gasteiger partial charge in [0.05, 0.1) is 12.4 Å². The molecule has 0 aliphatic carbocycles. The zero-order chi connectivity index (χ0) is 14.3. The minimum atomic E-state index is 0.535. The number of anilines is 1. The Kier molecular flexibility index (Phi) is 5.40. The quantitative estimate of drug-likeness (QED) is 0.841. The molecule has 1 N–H and O–H groups in total. The van der Waals surface area contributed by atoms with Gasteiger partial charge in [0.15, 0.2) is 0 Å². The van der Waals surface area contributed by atoms with Crippen LogP contribution in [0.3, 0.4) is 0 Å². The van der Waals surface area contributed by atoms with E-state index < -0.39 is 0 Å². The van der Waals surface area contributed by atoms with Gasteiger partial charge in [-0.25, -0.2) is 4.98 Å². The Morgan fingerprint density at radius 1 is 1.24 bits per heavy atom. The van der Waals surface area contributed by atoms with Crippen LogP contribution in [-0.2, 0) is 5.75 Å². The lowest BCUT2D eigenvalue weighted by atomic mass is 10.2. The van der Waals surface area contributed by atoms with Gasteiger partial charge in [-0.3, -0.25) is 4.98 Å². The molecule has 2 aromatic rings. The van der Waals surface area contributed by atoms with Crippen LogP contribution in [0.5, 0.6) is 0 Å². The molecule has 1 saturated heterocycles. The van der Waals surface area contributed by atoms with Crippen molar-refractivity contribution >= 4 is 29.3 Å². The number of aromatic nitrogens is 2. The Morgan fingerprint density at radius 2 is 2.14 bits per heavy atom. The summed E-state index contributed by atoms with van der Waals surface area (Å²) in [6.07, 6.45) is 6.19. The fourth-order valence-corrected chi connectivity index (χ4v) is 4.16. The molecule has 0 bridgehead atoms. The Morgan fingerprint density at radius 3 is 2.95 bits per heavy atom. The van der Waals surface area contributed by atoms with Gasteiger partial charge in [-0.15, -0.1) is 11.8 Å². The molecule has 1 fully saturated rings. The lowest BCUT2D eigenvalue weighted by Gasteiger charge is -2.22. The lowest BCUT2D eigenvalue weighted by molar-refractivity contribution is 0.680. The Bertz CT molecular complexity index is 556. The first-order chi connectivity index (χ1) is 10.4. The second kappa shape index (κ2) is 7.71. The predicted molar refractivity (Wildman–Crippen MR) is 92.0 cm³/mol. The summed E-state index contributed by atoms with van der Waals surface area (Å²) in [6.45, 7) is 0. The Balaban J connectivity index is 1.57. The highest BCUT2D eigenvalue weighted by molar-refractivity contribution is 7.99. The number of hydrogen-bond donors (Lipinski definition) is 1. The molecular weight excluding hydrogens is 298 g/mol. The molecule has 0 saturated carbocycles. The molecule has 2 heterocycles. The van der Waals surface area contributed by atoms with E-state index in [0.29, 0.717) is 6.04 Å². The van der Waals surface area contributed by atoms with Crippen molar-refractivity contribution in [3.05, 3.63) is 48.3 Å². The molecule has 3 rings (SSSR count). The number of nitrogens with zero attached hydrogens (tertiary/aromatic N) is 2. The first-order valence-corrected chi connectivity index (χ1v) is 9.37. The van der Waals surface area contributed by atoms with Gasteiger partial charge in [0, 0.05) is 17.5 Å². The molecule has 0 amide bonds. The standard InChI is InChI=1S/C16H19N3S2/c1-2-5-13(6-3-1)11-21-16-10-17-9-15(19-16)18-14-7-4-8-20-12-14/h1-3,5-6,9-10,14H,4,7-8,11-12H2,(H,18,19). The molecule has 110 valence electrons. The molecular formula is C16H19N3S2. The first-order valence-electron chi connectivity index (χ1n) is 7.23. The highest BCUT2D eigenvalue weighted by Gasteiger charge is 2.14. The van der Waals surface area contributed by atoms with E-state index in [9.17, 15) is 0 Å². The fraction of sp³-hybridized carbons (Fsp3) is 0.375. The average Bonchev–Trinajstić information content (AvgIpc) is 2.55. The van der Waals surface area contributed by atoms with E-state index in [2.05, 4.69) is 39.6 Å². The third-order valence-corrected chi connectivity index (χ3v) is 5.54. The lowest BCUT2D eigenvalue weighted by Crippen LogP contribution is -2.26. The van der Waals surface area contributed by atoms with Crippen LogP contribution in [0.2, 0.25) is 0 Å². The van der Waals surface area contributed by atoms with Gasteiger partial charge in [-0.2, -0.15) is 11.8 Å². The van der Waals surface area contributed by atoms with Crippen LogP contribution in [0.25, 0.3) is 0 Å². The van der Waals surface area contributed by atoms with Crippen LogP contribution < -0.4 is 5.32 Å². The summed E-state index contributed by atoms with van der Waals surface area (Å²) in [5, 5.41) is 4.49. The number of benzene rings is 1. The summed E-state index contributed by atoms with van der Waals surface area (Å²) >= 11 is 3.75. The maximum Gasteiger partial charge on any atom is 0.146 e. The van der Waals surface area contributed by atoms with Gasteiger partial charge in [0.25, 0.3) is 0 Å². The smallest absolute Gasteiger partial charge is 0.146 e. The van der Waals surface area contributed by atoms with Crippen molar-refractivity contribution in [3.8, 4) is 0 Å². The summed E-state index contributed by atoms with van der Waals surface area (Å²) in [7, 11) is 0. The third kappa shape index (κ3) is 4.64. The zero-order valence-electron chi connectivity index (χ0n) is 11.9. The van der Waals surface area contributed by atoms with E-state index in [1.807, 2.05) is 30.2 Å². The zero-order valence-corrected chi connectivity index (χ0v) is 13.5. The van der Waals surface area contributed by atoms with Crippen LogP contribution in [0.1, 0.15) is 18.4 Å². The van der Waals surface area contributed by atoms with Crippen molar-refractivity contribution in [1.82, 2.24) is 9.97 Å². The van der Waals surface area contributed by atoms with E-state index in [1.54, 1.807) is 11.8 Å². The van der Waals surface area contributed by atoms with Gasteiger partial charge in [0.2, 0.25) is 0 Å². The first kappa shape index (κ1) is 14.7. The van der Waals surface area contributed by atoms with Crippen molar-refractivity contribution < 1.29 is 0 Å². The monoisotopic (exact) mass is 317 g/mol. The summed E-state index contributed by atoms with van der Waals surface area (Å²) in [5.74, 6) is 4.29. The van der Waals surface area contributed by atoms with Crippen LogP contribution in [0.15, 0.2) is 47.8 Å². The largest absolute Gasteiger partial charge is 0.365 e. The predicted octanol–water partition coefficient (Wildman–Crippen LogP) is 4.08. The van der Waals surface area contributed by atoms with Crippen molar-refractivity contribution in [3.63, 3.8) is 0 Å². The van der Waals surface area contributed by atoms with Gasteiger partial charge < -0.3 is 5.32 Å². The average molecular weight is 317 g/mol. The van der Waals surface area contributed by atoms with E-state index in [-0.39, 0.29) is 0 Å². The molecule has 1 aliphatic rings. The Hall–Kier alpha value is -1.20. The Labute approximate surface area is 134 Å². The van der Waals surface area contributed by atoms with E-state index in [4.69, 9.17) is 0 Å². The molecule has 21 heavy (non-hydrogen) atoms. The van der Waals surface area contributed by atoms with Crippen LogP contribution >= 0.6 is 23.5 Å². The van der Waals surface area contributed by atoms with Crippen LogP contribution in [0, 0.1) is 0 Å². The fourth-order valence-electron chi connectivity index (χ4n) is 2.28. The number of nitrogens with one attached hydrogen (secondary N) is 1. The number of thioether (sulfide) groups is 2. The van der Waals surface area contributed by atoms with E-state index >= 15 is 0 Å². The molecule has 1 atom stereocenters. The molecule has 1 aromatic carbocycles. The molecule has 1 aromatic heterocycles. The van der Waals surface area contributed by atoms with Gasteiger partial charge in [0.1, 0.15) is 10.8 Å². The molecule has 0 spiro atoms. The molecule has 1 unspecified atom stereocenters. The molecule has 1 aliphatic heterocycles. The molecule has 3 nitrogen and oxygen atoms in total. The topological polar surface area (TPSA) is 37.8 Å². The third-order valence-electron chi connectivity index (χ3n) is 3.35. The van der Waals surface area contributed by atoms with E-state index in [1.165, 1.54) is 29.9 Å². The normalized spacial score (nSPS) is 18.4. The van der Waals surface area contributed by atoms with E-state index in [0.717, 1.165) is 16.6 Å². The number of hydrogen-bond acceptors (Lipinski definition) is 5. The minimum absolute atomic E-state index is 0.535. The summed E-state index contributed by atoms with van der Waals surface area (Å²) < 4.78 is 0. The highest BCUT2D eigenvalue weighted by Crippen LogP contribution is 2.23. The SMILES string of the molecule is c1ccc(CSc2cncc(NC3CCCSC3)n2)cc1. The summed E-state index contributed by atoms with van der Waals surface area (Å²) in [6, 6.07) is 11.0. The van der Waals surface area contributed by atoms with Crippen molar-refractivity contribution in [2.75, 3.05) is 16.8 Å². The molecule has 5 heteroatoms. The maximum absolute atomic E-state index is 4.66. The van der Waals surface area contributed by atoms with Crippen molar-refractivity contribution in [2.24, 2.45) is 0 Å². The summed E-state index contributed by atoms with van der Waals surface area (Å²) in [5.41, 5.74) is 1.31. The van der Waals surface area contributed by atoms with Crippen LogP contribution in [0.4, 0.5) is 5.82 Å². The van der Waals surface area contributed by atoms with Crippen molar-refractivity contribution in [1.29, 1.82) is 0 Å². The number of rotatable bonds is 5. The van der Waals surface area contributed by atoms with Gasteiger partial charge >= 0.3 is 0 Å². The van der Waals surface area contributed by atoms with Gasteiger partial charge in [-0.05, 0) is 24.2 Å². The summed E-state index contributed by atoms with van der Waals surface area (Å²) in [4.78, 5) is 8.97.